The Morgan fingerprint density at radius 1 is 0.737 bits per heavy atom. The molecule has 2 heterocycles. The average molecular weight is 740 g/mol. The zero-order valence-electron chi connectivity index (χ0n) is 22.7. The van der Waals surface area contributed by atoms with Crippen LogP contribution in [0.3, 0.4) is 0 Å². The van der Waals surface area contributed by atoms with Crippen LogP contribution in [0.1, 0.15) is 26.3 Å². The summed E-state index contributed by atoms with van der Waals surface area (Å²) in [6, 6.07) is 35.6. The predicted octanol–water partition coefficient (Wildman–Crippen LogP) is 8.20. The predicted molar refractivity (Wildman–Crippen MR) is 156 cm³/mol. The molecule has 0 fully saturated rings. The Balaban J connectivity index is 0.00000336. The van der Waals surface area contributed by atoms with Crippen molar-refractivity contribution >= 4 is 28.4 Å². The molecule has 0 saturated heterocycles. The summed E-state index contributed by atoms with van der Waals surface area (Å²) in [6.45, 7) is 6.76. The van der Waals surface area contributed by atoms with E-state index in [2.05, 4.69) is 92.6 Å². The van der Waals surface area contributed by atoms with Crippen LogP contribution < -0.4 is 9.13 Å². The molecule has 5 aromatic rings. The zero-order valence-corrected chi connectivity index (χ0v) is 27.1. The number of pyridine rings is 2. The third-order valence-corrected chi connectivity index (χ3v) is 10.7. The molecule has 5 heteroatoms. The van der Waals surface area contributed by atoms with Gasteiger partial charge in [0.1, 0.15) is 0 Å². The van der Waals surface area contributed by atoms with Crippen molar-refractivity contribution in [2.24, 2.45) is 0 Å². The monoisotopic (exact) mass is 741 g/mol. The van der Waals surface area contributed by atoms with Crippen LogP contribution in [0, 0.1) is 12.1 Å². The van der Waals surface area contributed by atoms with E-state index in [0.717, 1.165) is 27.9 Å². The maximum atomic E-state index is 6.30. The Morgan fingerprint density at radius 3 is 2.18 bits per heavy atom. The average Bonchev–Trinajstić information content (AvgIpc) is 2.87. The van der Waals surface area contributed by atoms with Crippen molar-refractivity contribution in [1.82, 2.24) is 9.97 Å². The molecule has 3 nitrogen and oxygen atoms in total. The molecule has 5 rings (SSSR count). The number of aromatic nitrogens is 2. The van der Waals surface area contributed by atoms with E-state index in [1.54, 1.807) is 0 Å². The first-order chi connectivity index (χ1) is 17.6. The second kappa shape index (κ2) is 11.2. The number of fused-ring (bicyclic) bond motifs is 1. The number of hydrogen-bond acceptors (Lipinski definition) is 3. The molecule has 0 saturated carbocycles. The van der Waals surface area contributed by atoms with Crippen LogP contribution in [0.5, 0.6) is 11.8 Å². The van der Waals surface area contributed by atoms with Gasteiger partial charge in [-0.1, -0.05) is 0 Å². The topological polar surface area (TPSA) is 35.0 Å². The Kier molecular flexibility index (Phi) is 8.30. The van der Waals surface area contributed by atoms with Gasteiger partial charge in [-0.3, -0.25) is 0 Å². The van der Waals surface area contributed by atoms with Gasteiger partial charge in [0.2, 0.25) is 0 Å². The SMILES string of the molecule is CC(C)(C)c1cc(-c2c[c]([Ge]([CH3])([CH3])[CH3])cc(Oc3cccc(-c4[c-]cccc4)n3)n2)[c-]c2ccccc12.[Pt+2]. The van der Waals surface area contributed by atoms with E-state index in [9.17, 15) is 0 Å². The van der Waals surface area contributed by atoms with Crippen molar-refractivity contribution in [3.05, 3.63) is 103 Å². The van der Waals surface area contributed by atoms with Crippen molar-refractivity contribution in [2.45, 2.75) is 43.5 Å². The fourth-order valence-corrected chi connectivity index (χ4v) is 6.76. The minimum atomic E-state index is -2.23. The molecule has 0 bridgehead atoms. The number of nitrogens with zero attached hydrogens (tertiary/aromatic N) is 2. The molecule has 0 amide bonds. The molecule has 0 unspecified atom stereocenters. The van der Waals surface area contributed by atoms with Crippen molar-refractivity contribution in [3.63, 3.8) is 0 Å². The van der Waals surface area contributed by atoms with Gasteiger partial charge in [-0.05, 0) is 0 Å². The van der Waals surface area contributed by atoms with Crippen LogP contribution in [0.4, 0.5) is 0 Å². The van der Waals surface area contributed by atoms with Crippen LogP contribution in [0.15, 0.2) is 84.9 Å². The first-order valence-electron chi connectivity index (χ1n) is 12.7. The Hall–Kier alpha value is -2.75. The standard InChI is InChI=1S/C33H32GeN2O.Pt/c1-33(2,3)28-20-25(19-24-15-10-11-16-27(24)28)30-21-26(34(4,5)6)22-32(36-30)37-31-18-12-17-29(35-31)23-13-8-7-9-14-23;/h7-13,15-18,20-22H,1-6H3;/q-2;+2. The molecule has 0 spiro atoms. The Morgan fingerprint density at radius 2 is 1.47 bits per heavy atom. The maximum Gasteiger partial charge on any atom is 2.00 e. The second-order valence-corrected chi connectivity index (χ2v) is 22.1. The number of benzene rings is 3. The Bertz CT molecular complexity index is 1570. The smallest absolute Gasteiger partial charge is 2.00 e. The van der Waals surface area contributed by atoms with Gasteiger partial charge in [0.05, 0.1) is 0 Å². The molecule has 0 N–H and O–H groups in total. The Labute approximate surface area is 243 Å². The summed E-state index contributed by atoms with van der Waals surface area (Å²) >= 11 is -2.23. The van der Waals surface area contributed by atoms with Crippen molar-refractivity contribution in [3.8, 4) is 34.3 Å². The summed E-state index contributed by atoms with van der Waals surface area (Å²) in [5.41, 5.74) is 4.90. The van der Waals surface area contributed by atoms with Crippen LogP contribution in [0.2, 0.25) is 17.3 Å². The van der Waals surface area contributed by atoms with Crippen molar-refractivity contribution in [1.29, 1.82) is 0 Å². The minimum Gasteiger partial charge on any atom is 2.00 e. The van der Waals surface area contributed by atoms with Gasteiger partial charge >= 0.3 is 245 Å². The fourth-order valence-electron chi connectivity index (χ4n) is 4.40. The van der Waals surface area contributed by atoms with Crippen molar-refractivity contribution in [2.75, 3.05) is 0 Å². The largest absolute Gasteiger partial charge is 2.00 e. The molecular weight excluding hydrogens is 708 g/mol. The molecule has 0 radical (unpaired) electrons. The molecule has 0 aliphatic rings. The maximum absolute atomic E-state index is 6.30. The van der Waals surface area contributed by atoms with Crippen LogP contribution in [-0.4, -0.2) is 23.2 Å². The van der Waals surface area contributed by atoms with E-state index < -0.39 is 13.3 Å². The molecular formula is C33H32GeN2OPt. The normalized spacial score (nSPS) is 11.7. The van der Waals surface area contributed by atoms with Gasteiger partial charge in [-0.2, -0.15) is 0 Å². The quantitative estimate of drug-likeness (QED) is 0.135. The van der Waals surface area contributed by atoms with Gasteiger partial charge in [0.25, 0.3) is 0 Å². The van der Waals surface area contributed by atoms with Crippen LogP contribution in [0.25, 0.3) is 33.3 Å². The van der Waals surface area contributed by atoms with Crippen molar-refractivity contribution < 1.29 is 25.8 Å². The molecule has 0 aliphatic heterocycles. The third-order valence-electron chi connectivity index (χ3n) is 6.44. The summed E-state index contributed by atoms with van der Waals surface area (Å²) in [4.78, 5) is 9.71. The van der Waals surface area contributed by atoms with Gasteiger partial charge in [0.15, 0.2) is 0 Å². The first kappa shape index (κ1) is 28.3. The molecule has 194 valence electrons. The summed E-state index contributed by atoms with van der Waals surface area (Å²) in [5, 5.41) is 2.34. The van der Waals surface area contributed by atoms with Gasteiger partial charge < -0.3 is 0 Å². The minimum absolute atomic E-state index is 0. The van der Waals surface area contributed by atoms with E-state index in [-0.39, 0.29) is 26.5 Å². The van der Waals surface area contributed by atoms with E-state index in [0.29, 0.717) is 11.8 Å². The summed E-state index contributed by atoms with van der Waals surface area (Å²) in [7, 11) is 0. The van der Waals surface area contributed by atoms with Gasteiger partial charge in [0, 0.05) is 0 Å². The van der Waals surface area contributed by atoms with Gasteiger partial charge in [-0.25, -0.2) is 0 Å². The van der Waals surface area contributed by atoms with E-state index >= 15 is 0 Å². The molecule has 0 atom stereocenters. The second-order valence-electron chi connectivity index (χ2n) is 11.5. The first-order valence-corrected chi connectivity index (χ1v) is 20.0. The fraction of sp³-hybridized carbons (Fsp3) is 0.212. The van der Waals surface area contributed by atoms with Gasteiger partial charge in [-0.15, -0.1) is 0 Å². The summed E-state index contributed by atoms with van der Waals surface area (Å²) in [6.07, 6.45) is 0. The van der Waals surface area contributed by atoms with E-state index in [4.69, 9.17) is 14.7 Å². The van der Waals surface area contributed by atoms with E-state index in [1.165, 1.54) is 15.3 Å². The zero-order chi connectivity index (χ0) is 26.2. The van der Waals surface area contributed by atoms with Crippen LogP contribution >= 0.6 is 0 Å². The molecule has 2 aromatic heterocycles. The summed E-state index contributed by atoms with van der Waals surface area (Å²) < 4.78 is 7.63. The molecule has 0 aliphatic carbocycles. The number of rotatable bonds is 5. The summed E-state index contributed by atoms with van der Waals surface area (Å²) in [5.74, 6) is 8.24. The van der Waals surface area contributed by atoms with E-state index in [1.807, 2.05) is 42.5 Å². The van der Waals surface area contributed by atoms with Crippen LogP contribution in [-0.2, 0) is 26.5 Å². The number of ether oxygens (including phenoxy) is 1. The number of hydrogen-bond donors (Lipinski definition) is 0. The molecule has 3 aromatic carbocycles. The molecule has 38 heavy (non-hydrogen) atoms. The third kappa shape index (κ3) is 6.27.